The molecule has 0 saturated heterocycles. The quantitative estimate of drug-likeness (QED) is 0.812. The number of rotatable bonds is 3. The van der Waals surface area contributed by atoms with E-state index in [1.807, 2.05) is 25.1 Å². The Labute approximate surface area is 95.0 Å². The van der Waals surface area contributed by atoms with Gasteiger partial charge in [0.1, 0.15) is 0 Å². The highest BCUT2D eigenvalue weighted by Crippen LogP contribution is 2.16. The molecule has 0 spiro atoms. The molecule has 1 rings (SSSR count). The molecule has 0 unspecified atom stereocenters. The van der Waals surface area contributed by atoms with Crippen molar-refractivity contribution in [2.45, 2.75) is 27.3 Å². The highest BCUT2D eigenvalue weighted by atomic mass is 16.2. The van der Waals surface area contributed by atoms with Crippen molar-refractivity contribution in [1.82, 2.24) is 5.32 Å². The minimum Gasteiger partial charge on any atom is -0.352 e. The van der Waals surface area contributed by atoms with Gasteiger partial charge in [0.2, 0.25) is 11.8 Å². The fraction of sp³-hybridized carbons (Fsp3) is 0.333. The highest BCUT2D eigenvalue weighted by molar-refractivity contribution is 5.89. The van der Waals surface area contributed by atoms with Gasteiger partial charge >= 0.3 is 0 Å². The van der Waals surface area contributed by atoms with Crippen LogP contribution in [-0.2, 0) is 16.1 Å². The largest absolute Gasteiger partial charge is 0.352 e. The molecule has 16 heavy (non-hydrogen) atoms. The molecule has 0 aromatic heterocycles. The molecule has 86 valence electrons. The summed E-state index contributed by atoms with van der Waals surface area (Å²) in [6.07, 6.45) is 0. The Morgan fingerprint density at radius 1 is 1.19 bits per heavy atom. The highest BCUT2D eigenvalue weighted by Gasteiger charge is 2.02. The van der Waals surface area contributed by atoms with Crippen LogP contribution in [0.2, 0.25) is 0 Å². The third-order valence-corrected chi connectivity index (χ3v) is 2.14. The van der Waals surface area contributed by atoms with Gasteiger partial charge in [-0.2, -0.15) is 0 Å². The van der Waals surface area contributed by atoms with E-state index in [9.17, 15) is 9.59 Å². The van der Waals surface area contributed by atoms with E-state index in [1.165, 1.54) is 13.8 Å². The summed E-state index contributed by atoms with van der Waals surface area (Å²) in [5.41, 5.74) is 2.80. The molecule has 0 saturated carbocycles. The van der Waals surface area contributed by atoms with Gasteiger partial charge in [-0.3, -0.25) is 9.59 Å². The second-order valence-corrected chi connectivity index (χ2v) is 3.74. The number of carbonyl (C=O) groups excluding carboxylic acids is 2. The number of hydrogen-bond acceptors (Lipinski definition) is 2. The van der Waals surface area contributed by atoms with E-state index in [-0.39, 0.29) is 11.8 Å². The monoisotopic (exact) mass is 220 g/mol. The number of nitrogens with one attached hydrogen (secondary N) is 2. The van der Waals surface area contributed by atoms with Crippen LogP contribution >= 0.6 is 0 Å². The van der Waals surface area contributed by atoms with Gasteiger partial charge in [-0.05, 0) is 24.1 Å². The zero-order chi connectivity index (χ0) is 12.1. The Balaban J connectivity index is 2.74. The van der Waals surface area contributed by atoms with Crippen LogP contribution in [0.25, 0.3) is 0 Å². The van der Waals surface area contributed by atoms with Crippen molar-refractivity contribution in [2.24, 2.45) is 0 Å². The molecule has 1 aromatic rings. The SMILES string of the molecule is CC(=O)NCc1ccc(NC(C)=O)c(C)c1. The van der Waals surface area contributed by atoms with Crippen LogP contribution in [0.5, 0.6) is 0 Å². The van der Waals surface area contributed by atoms with Crippen LogP contribution in [-0.4, -0.2) is 11.8 Å². The van der Waals surface area contributed by atoms with Gasteiger partial charge in [0.15, 0.2) is 0 Å². The minimum absolute atomic E-state index is 0.0522. The van der Waals surface area contributed by atoms with Crippen molar-refractivity contribution >= 4 is 17.5 Å². The van der Waals surface area contributed by atoms with E-state index in [4.69, 9.17) is 0 Å². The Morgan fingerprint density at radius 3 is 2.38 bits per heavy atom. The predicted octanol–water partition coefficient (Wildman–Crippen LogP) is 1.59. The summed E-state index contributed by atoms with van der Waals surface area (Å²) in [6, 6.07) is 5.67. The van der Waals surface area contributed by atoms with Crippen LogP contribution in [0.3, 0.4) is 0 Å². The average molecular weight is 220 g/mol. The molecular weight excluding hydrogens is 204 g/mol. The molecule has 2 N–H and O–H groups in total. The lowest BCUT2D eigenvalue weighted by Crippen LogP contribution is -2.19. The average Bonchev–Trinajstić information content (AvgIpc) is 2.18. The number of aryl methyl sites for hydroxylation is 1. The van der Waals surface area contributed by atoms with Crippen molar-refractivity contribution in [2.75, 3.05) is 5.32 Å². The molecule has 0 aliphatic heterocycles. The molecule has 2 amide bonds. The van der Waals surface area contributed by atoms with Gasteiger partial charge < -0.3 is 10.6 Å². The third-order valence-electron chi connectivity index (χ3n) is 2.14. The summed E-state index contributed by atoms with van der Waals surface area (Å²) in [5, 5.41) is 5.46. The van der Waals surface area contributed by atoms with E-state index in [0.717, 1.165) is 16.8 Å². The van der Waals surface area contributed by atoms with Crippen molar-refractivity contribution in [3.8, 4) is 0 Å². The topological polar surface area (TPSA) is 58.2 Å². The summed E-state index contributed by atoms with van der Waals surface area (Å²) in [4.78, 5) is 21.6. The molecule has 0 aliphatic carbocycles. The van der Waals surface area contributed by atoms with Gasteiger partial charge in [0, 0.05) is 26.1 Å². The van der Waals surface area contributed by atoms with E-state index in [2.05, 4.69) is 10.6 Å². The van der Waals surface area contributed by atoms with E-state index < -0.39 is 0 Å². The number of benzene rings is 1. The Morgan fingerprint density at radius 2 is 1.88 bits per heavy atom. The number of hydrogen-bond donors (Lipinski definition) is 2. The molecule has 0 bridgehead atoms. The standard InChI is InChI=1S/C12H16N2O2/c1-8-6-11(7-13-9(2)15)4-5-12(8)14-10(3)16/h4-6H,7H2,1-3H3,(H,13,15)(H,14,16). The number of anilines is 1. The molecule has 0 fully saturated rings. The second-order valence-electron chi connectivity index (χ2n) is 3.74. The smallest absolute Gasteiger partial charge is 0.221 e. The summed E-state index contributed by atoms with van der Waals surface area (Å²) in [6.45, 7) is 5.39. The van der Waals surface area contributed by atoms with Crippen molar-refractivity contribution < 1.29 is 9.59 Å². The Bertz CT molecular complexity index is 413. The van der Waals surface area contributed by atoms with Gasteiger partial charge in [0.25, 0.3) is 0 Å². The molecule has 0 radical (unpaired) electrons. The lowest BCUT2D eigenvalue weighted by Gasteiger charge is -2.09. The molecule has 4 nitrogen and oxygen atoms in total. The van der Waals surface area contributed by atoms with E-state index in [1.54, 1.807) is 0 Å². The van der Waals surface area contributed by atoms with Crippen LogP contribution in [0, 0.1) is 6.92 Å². The molecular formula is C12H16N2O2. The molecule has 1 aromatic carbocycles. The van der Waals surface area contributed by atoms with Crippen LogP contribution in [0.1, 0.15) is 25.0 Å². The minimum atomic E-state index is -0.0855. The fourth-order valence-corrected chi connectivity index (χ4v) is 1.39. The zero-order valence-electron chi connectivity index (χ0n) is 9.76. The third kappa shape index (κ3) is 3.73. The van der Waals surface area contributed by atoms with Gasteiger partial charge in [0.05, 0.1) is 0 Å². The molecule has 0 aliphatic rings. The maximum Gasteiger partial charge on any atom is 0.221 e. The van der Waals surface area contributed by atoms with Gasteiger partial charge in [-0.15, -0.1) is 0 Å². The first-order valence-electron chi connectivity index (χ1n) is 5.10. The van der Waals surface area contributed by atoms with Gasteiger partial charge in [-0.1, -0.05) is 12.1 Å². The normalized spacial score (nSPS) is 9.69. The first-order chi connectivity index (χ1) is 7.49. The van der Waals surface area contributed by atoms with Crippen LogP contribution in [0.15, 0.2) is 18.2 Å². The van der Waals surface area contributed by atoms with Crippen molar-refractivity contribution in [3.05, 3.63) is 29.3 Å². The lowest BCUT2D eigenvalue weighted by molar-refractivity contribution is -0.119. The lowest BCUT2D eigenvalue weighted by atomic mass is 10.1. The van der Waals surface area contributed by atoms with E-state index >= 15 is 0 Å². The Hall–Kier alpha value is -1.84. The molecule has 4 heteroatoms. The first kappa shape index (κ1) is 12.2. The Kier molecular flexibility index (Phi) is 4.05. The zero-order valence-corrected chi connectivity index (χ0v) is 9.76. The second kappa shape index (κ2) is 5.30. The maximum atomic E-state index is 10.9. The number of amides is 2. The van der Waals surface area contributed by atoms with Gasteiger partial charge in [-0.25, -0.2) is 0 Å². The van der Waals surface area contributed by atoms with Crippen molar-refractivity contribution in [1.29, 1.82) is 0 Å². The summed E-state index contributed by atoms with van der Waals surface area (Å²) in [5.74, 6) is -0.138. The summed E-state index contributed by atoms with van der Waals surface area (Å²) < 4.78 is 0. The molecule has 0 heterocycles. The summed E-state index contributed by atoms with van der Waals surface area (Å²) >= 11 is 0. The van der Waals surface area contributed by atoms with Crippen molar-refractivity contribution in [3.63, 3.8) is 0 Å². The van der Waals surface area contributed by atoms with E-state index in [0.29, 0.717) is 6.54 Å². The number of carbonyl (C=O) groups is 2. The predicted molar refractivity (Wildman–Crippen MR) is 63.0 cm³/mol. The first-order valence-corrected chi connectivity index (χ1v) is 5.10. The van der Waals surface area contributed by atoms with Crippen LogP contribution < -0.4 is 10.6 Å². The fourth-order valence-electron chi connectivity index (χ4n) is 1.39. The molecule has 0 atom stereocenters. The van der Waals surface area contributed by atoms with Crippen LogP contribution in [0.4, 0.5) is 5.69 Å². The summed E-state index contributed by atoms with van der Waals surface area (Å²) in [7, 11) is 0. The maximum absolute atomic E-state index is 10.9.